The fraction of sp³-hybridized carbons (Fsp3) is 0.316. The number of carboxylic acids is 1. The summed E-state index contributed by atoms with van der Waals surface area (Å²) >= 11 is 2.14. The number of carboxylic acid groups (broad SMARTS) is 1. The standard InChI is InChI=1S/C19H18N4O10S3/c24-10-3-1-8(2-4-10)14(25)15(26)20-12-16(27)23-13(18(28)29)9(5-34-17(12)23)6-35-19-22-21-11(33-19)7-36(30,31)32/h1-4,12,14,17,24-25H,5-7H2,(H,20,26)(H,28,29)(H,30,31,32)/t12?,14?,17-/m1/s1. The molecule has 17 heteroatoms. The van der Waals surface area contributed by atoms with Crippen LogP contribution in [0.2, 0.25) is 0 Å². The molecule has 2 aromatic rings. The molecule has 0 saturated carbocycles. The first-order chi connectivity index (χ1) is 16.9. The molecule has 3 atom stereocenters. The molecule has 4 rings (SSSR count). The number of fused-ring (bicyclic) bond motifs is 1. The highest BCUT2D eigenvalue weighted by atomic mass is 32.2. The van der Waals surface area contributed by atoms with Crippen LogP contribution in [0.25, 0.3) is 0 Å². The summed E-state index contributed by atoms with van der Waals surface area (Å²) in [7, 11) is -4.36. The number of aliphatic hydroxyl groups is 1. The van der Waals surface area contributed by atoms with Crippen molar-refractivity contribution in [1.29, 1.82) is 0 Å². The number of hydrogen-bond acceptors (Lipinski definition) is 12. The Kier molecular flexibility index (Phi) is 7.28. The Morgan fingerprint density at radius 1 is 1.28 bits per heavy atom. The van der Waals surface area contributed by atoms with Crippen molar-refractivity contribution in [2.45, 2.75) is 28.5 Å². The number of carbonyl (C=O) groups is 3. The van der Waals surface area contributed by atoms with Gasteiger partial charge < -0.3 is 25.1 Å². The zero-order valence-corrected chi connectivity index (χ0v) is 20.4. The summed E-state index contributed by atoms with van der Waals surface area (Å²) < 4.78 is 35.8. The van der Waals surface area contributed by atoms with Crippen LogP contribution in [-0.4, -0.2) is 84.1 Å². The van der Waals surface area contributed by atoms with E-state index in [1.54, 1.807) is 0 Å². The number of aromatic hydroxyl groups is 1. The molecule has 2 amide bonds. The van der Waals surface area contributed by atoms with Gasteiger partial charge in [0.25, 0.3) is 27.2 Å². The summed E-state index contributed by atoms with van der Waals surface area (Å²) in [5.74, 6) is -3.87. The van der Waals surface area contributed by atoms with Gasteiger partial charge in [-0.15, -0.1) is 22.0 Å². The van der Waals surface area contributed by atoms with E-state index in [9.17, 15) is 38.1 Å². The maximum atomic E-state index is 12.8. The second kappa shape index (κ2) is 10.1. The van der Waals surface area contributed by atoms with E-state index in [1.807, 2.05) is 0 Å². The normalized spacial score (nSPS) is 20.5. The second-order valence-electron chi connectivity index (χ2n) is 7.62. The SMILES string of the molecule is O=C(O)C1=C(CSc2nnc(CS(=O)(=O)O)o2)CS[C@@H]2C(NC(=O)C(O)c3ccc(O)cc3)C(=O)N12. The Hall–Kier alpha value is -3.12. The van der Waals surface area contributed by atoms with Crippen LogP contribution in [0.3, 0.4) is 0 Å². The Morgan fingerprint density at radius 2 is 1.97 bits per heavy atom. The van der Waals surface area contributed by atoms with E-state index in [0.717, 1.165) is 16.7 Å². The first kappa shape index (κ1) is 26.0. The summed E-state index contributed by atoms with van der Waals surface area (Å²) in [6.07, 6.45) is -1.59. The fourth-order valence-electron chi connectivity index (χ4n) is 3.49. The van der Waals surface area contributed by atoms with Gasteiger partial charge in [-0.05, 0) is 23.3 Å². The molecule has 0 bridgehead atoms. The average Bonchev–Trinajstić information content (AvgIpc) is 3.25. The lowest BCUT2D eigenvalue weighted by molar-refractivity contribution is -0.151. The first-order valence-corrected chi connectivity index (χ1v) is 13.7. The van der Waals surface area contributed by atoms with E-state index in [-0.39, 0.29) is 39.6 Å². The lowest BCUT2D eigenvalue weighted by Gasteiger charge is -2.49. The van der Waals surface area contributed by atoms with Gasteiger partial charge in [0.2, 0.25) is 5.89 Å². The van der Waals surface area contributed by atoms with Crippen LogP contribution in [0.4, 0.5) is 0 Å². The summed E-state index contributed by atoms with van der Waals surface area (Å²) in [5.41, 5.74) is 0.320. The predicted octanol–water partition coefficient (Wildman–Crippen LogP) is -0.273. The van der Waals surface area contributed by atoms with Crippen molar-refractivity contribution in [3.8, 4) is 5.75 Å². The van der Waals surface area contributed by atoms with Crippen molar-refractivity contribution >= 4 is 51.4 Å². The quantitative estimate of drug-likeness (QED) is 0.152. The van der Waals surface area contributed by atoms with E-state index in [4.69, 9.17) is 8.97 Å². The Morgan fingerprint density at radius 3 is 2.61 bits per heavy atom. The smallest absolute Gasteiger partial charge is 0.352 e. The molecule has 14 nitrogen and oxygen atoms in total. The highest BCUT2D eigenvalue weighted by Crippen LogP contribution is 2.41. The van der Waals surface area contributed by atoms with E-state index >= 15 is 0 Å². The number of aromatic nitrogens is 2. The third-order valence-electron chi connectivity index (χ3n) is 5.13. The van der Waals surface area contributed by atoms with Gasteiger partial charge in [-0.1, -0.05) is 23.9 Å². The Labute approximate surface area is 211 Å². The maximum absolute atomic E-state index is 12.8. The highest BCUT2D eigenvalue weighted by Gasteiger charge is 2.54. The largest absolute Gasteiger partial charge is 0.508 e. The number of rotatable bonds is 9. The van der Waals surface area contributed by atoms with Crippen molar-refractivity contribution in [1.82, 2.24) is 20.4 Å². The van der Waals surface area contributed by atoms with Crippen molar-refractivity contribution in [2.75, 3.05) is 11.5 Å². The molecule has 1 aromatic carbocycles. The van der Waals surface area contributed by atoms with Crippen LogP contribution in [-0.2, 0) is 30.3 Å². The Balaban J connectivity index is 1.42. The molecule has 1 fully saturated rings. The molecule has 5 N–H and O–H groups in total. The number of β-lactam (4-membered cyclic amide) rings is 1. The minimum absolute atomic E-state index is 0.0369. The van der Waals surface area contributed by atoms with Crippen molar-refractivity contribution < 1.29 is 47.1 Å². The summed E-state index contributed by atoms with van der Waals surface area (Å²) in [6, 6.07) is 4.26. The zero-order valence-electron chi connectivity index (χ0n) is 18.0. The molecule has 0 spiro atoms. The van der Waals surface area contributed by atoms with Crippen LogP contribution >= 0.6 is 23.5 Å². The third-order valence-corrected chi connectivity index (χ3v) is 7.98. The van der Waals surface area contributed by atoms with Crippen LogP contribution in [0.15, 0.2) is 45.2 Å². The summed E-state index contributed by atoms with van der Waals surface area (Å²) in [6.45, 7) is 0. The van der Waals surface area contributed by atoms with Crippen molar-refractivity contribution in [3.63, 3.8) is 0 Å². The van der Waals surface area contributed by atoms with E-state index in [2.05, 4.69) is 15.5 Å². The molecule has 36 heavy (non-hydrogen) atoms. The van der Waals surface area contributed by atoms with E-state index in [1.165, 1.54) is 36.0 Å². The van der Waals surface area contributed by atoms with Gasteiger partial charge in [-0.2, -0.15) is 8.42 Å². The molecule has 2 aliphatic heterocycles. The first-order valence-electron chi connectivity index (χ1n) is 10.0. The number of amides is 2. The molecule has 3 heterocycles. The minimum Gasteiger partial charge on any atom is -0.508 e. The number of benzene rings is 1. The molecule has 2 aliphatic rings. The fourth-order valence-corrected chi connectivity index (χ4v) is 6.19. The monoisotopic (exact) mass is 558 g/mol. The number of aliphatic carboxylic acids is 1. The number of nitrogens with zero attached hydrogens (tertiary/aromatic N) is 3. The van der Waals surface area contributed by atoms with Crippen molar-refractivity contribution in [2.24, 2.45) is 0 Å². The predicted molar refractivity (Wildman–Crippen MR) is 123 cm³/mol. The molecule has 1 aromatic heterocycles. The number of phenolic OH excluding ortho intramolecular Hbond substituents is 1. The number of thioether (sulfide) groups is 2. The second-order valence-corrected chi connectivity index (χ2v) is 11.1. The van der Waals surface area contributed by atoms with Gasteiger partial charge in [0, 0.05) is 11.5 Å². The van der Waals surface area contributed by atoms with Gasteiger partial charge in [-0.25, -0.2) is 4.79 Å². The average molecular weight is 559 g/mol. The molecule has 0 aliphatic carbocycles. The molecule has 1 saturated heterocycles. The van der Waals surface area contributed by atoms with Crippen LogP contribution in [0.5, 0.6) is 5.75 Å². The molecule has 2 unspecified atom stereocenters. The van der Waals surface area contributed by atoms with Crippen LogP contribution < -0.4 is 5.32 Å². The van der Waals surface area contributed by atoms with Gasteiger partial charge in [-0.3, -0.25) is 19.0 Å². The minimum atomic E-state index is -4.36. The number of hydrogen-bond donors (Lipinski definition) is 5. The lowest BCUT2D eigenvalue weighted by Crippen LogP contribution is -2.70. The number of aliphatic hydroxyl groups excluding tert-OH is 1. The topological polar surface area (TPSA) is 220 Å². The maximum Gasteiger partial charge on any atom is 0.352 e. The summed E-state index contributed by atoms with van der Waals surface area (Å²) in [4.78, 5) is 38.2. The molecular formula is C19H18N4O10S3. The lowest BCUT2D eigenvalue weighted by atomic mass is 10.0. The van der Waals surface area contributed by atoms with Gasteiger partial charge >= 0.3 is 5.97 Å². The Bertz CT molecular complexity index is 1340. The van der Waals surface area contributed by atoms with Gasteiger partial charge in [0.15, 0.2) is 11.9 Å². The number of carbonyl (C=O) groups excluding carboxylic acids is 2. The molecular weight excluding hydrogens is 540 g/mol. The van der Waals surface area contributed by atoms with Crippen molar-refractivity contribution in [3.05, 3.63) is 47.0 Å². The number of nitrogens with one attached hydrogen (secondary N) is 1. The highest BCUT2D eigenvalue weighted by molar-refractivity contribution is 8.01. The zero-order chi connectivity index (χ0) is 26.2. The third kappa shape index (κ3) is 5.49. The van der Waals surface area contributed by atoms with E-state index < -0.39 is 51.2 Å². The molecule has 0 radical (unpaired) electrons. The van der Waals surface area contributed by atoms with Gasteiger partial charge in [0.1, 0.15) is 22.9 Å². The molecule has 192 valence electrons. The summed E-state index contributed by atoms with van der Waals surface area (Å²) in [5, 5.41) is 38.2. The van der Waals surface area contributed by atoms with Crippen LogP contribution in [0.1, 0.15) is 17.6 Å². The van der Waals surface area contributed by atoms with Crippen LogP contribution in [0, 0.1) is 0 Å². The van der Waals surface area contributed by atoms with E-state index in [0.29, 0.717) is 5.57 Å². The van der Waals surface area contributed by atoms with Gasteiger partial charge in [0.05, 0.1) is 0 Å². The number of phenols is 1.